The molecular weight excluding hydrogens is 290 g/mol. The van der Waals surface area contributed by atoms with Crippen LogP contribution in [0.4, 0.5) is 0 Å². The van der Waals surface area contributed by atoms with E-state index in [4.69, 9.17) is 22.1 Å². The minimum atomic E-state index is -0.255. The number of likely N-dealkylation sites (tertiary alicyclic amines) is 1. The average molecular weight is 312 g/mol. The highest BCUT2D eigenvalue weighted by Crippen LogP contribution is 2.25. The molecule has 1 aromatic carbocycles. The van der Waals surface area contributed by atoms with Crippen LogP contribution in [-0.4, -0.2) is 43.6 Å². The van der Waals surface area contributed by atoms with E-state index in [1.807, 2.05) is 18.2 Å². The smallest absolute Gasteiger partial charge is 0.231 e. The molecule has 1 aromatic rings. The number of nitrogens with two attached hydrogens (primary N) is 1. The number of nitrogens with zero attached hydrogens (tertiary/aromatic N) is 1. The summed E-state index contributed by atoms with van der Waals surface area (Å²) in [7, 11) is 1.61. The van der Waals surface area contributed by atoms with E-state index in [1.165, 1.54) is 0 Å². The topological polar surface area (TPSA) is 67.6 Å². The molecule has 1 heterocycles. The van der Waals surface area contributed by atoms with Crippen LogP contribution in [0.25, 0.3) is 0 Å². The Bertz CT molecular complexity index is 488. The Balaban J connectivity index is 1.77. The van der Waals surface area contributed by atoms with Gasteiger partial charge in [-0.05, 0) is 30.5 Å². The molecule has 6 heteroatoms. The Hall–Kier alpha value is -1.30. The highest BCUT2D eigenvalue weighted by Gasteiger charge is 2.19. The summed E-state index contributed by atoms with van der Waals surface area (Å²) in [6.07, 6.45) is 2.05. The molecule has 116 valence electrons. The summed E-state index contributed by atoms with van der Waals surface area (Å²) in [5, 5.41) is 4.17. The molecule has 0 aromatic heterocycles. The number of piperidine rings is 1. The summed E-state index contributed by atoms with van der Waals surface area (Å²) >= 11 is 6.12. The van der Waals surface area contributed by atoms with Crippen LogP contribution in [0.5, 0.6) is 5.75 Å². The molecule has 0 saturated carbocycles. The van der Waals surface area contributed by atoms with Crippen molar-refractivity contribution in [1.29, 1.82) is 0 Å². The number of ether oxygens (including phenoxy) is 1. The standard InChI is InChI=1S/C15H22ClN3O2/c1-21-14-3-2-11(8-13(14)16)9-18-12-4-6-19(7-5-12)10-15(17)20/h2-3,8,12,18H,4-7,9-10H2,1H3,(H2,17,20). The van der Waals surface area contributed by atoms with Gasteiger partial charge in [0.25, 0.3) is 0 Å². The van der Waals surface area contributed by atoms with Crippen LogP contribution in [0.1, 0.15) is 18.4 Å². The van der Waals surface area contributed by atoms with Crippen molar-refractivity contribution < 1.29 is 9.53 Å². The van der Waals surface area contributed by atoms with Crippen LogP contribution in [0.3, 0.4) is 0 Å². The number of carbonyl (C=O) groups excluding carboxylic acids is 1. The third-order valence-electron chi connectivity index (χ3n) is 3.78. The zero-order chi connectivity index (χ0) is 15.2. The van der Waals surface area contributed by atoms with Crippen molar-refractivity contribution >= 4 is 17.5 Å². The van der Waals surface area contributed by atoms with Crippen LogP contribution in [-0.2, 0) is 11.3 Å². The Kier molecular flexibility index (Phi) is 5.85. The van der Waals surface area contributed by atoms with E-state index in [2.05, 4.69) is 10.2 Å². The number of amides is 1. The molecule has 1 saturated heterocycles. The number of halogens is 1. The molecule has 2 rings (SSSR count). The fourth-order valence-electron chi connectivity index (χ4n) is 2.60. The van der Waals surface area contributed by atoms with E-state index in [-0.39, 0.29) is 5.91 Å². The molecule has 0 bridgehead atoms. The van der Waals surface area contributed by atoms with Crippen LogP contribution in [0.15, 0.2) is 18.2 Å². The zero-order valence-corrected chi connectivity index (χ0v) is 13.0. The quantitative estimate of drug-likeness (QED) is 0.833. The molecule has 5 nitrogen and oxygen atoms in total. The van der Waals surface area contributed by atoms with Gasteiger partial charge in [-0.2, -0.15) is 0 Å². The molecule has 1 aliphatic heterocycles. The lowest BCUT2D eigenvalue weighted by Gasteiger charge is -2.31. The second kappa shape index (κ2) is 7.64. The third-order valence-corrected chi connectivity index (χ3v) is 4.07. The summed E-state index contributed by atoms with van der Waals surface area (Å²) in [4.78, 5) is 13.0. The fourth-order valence-corrected chi connectivity index (χ4v) is 2.88. The summed E-state index contributed by atoms with van der Waals surface area (Å²) in [6.45, 7) is 2.96. The van der Waals surface area contributed by atoms with E-state index in [1.54, 1.807) is 7.11 Å². The van der Waals surface area contributed by atoms with Gasteiger partial charge in [-0.3, -0.25) is 9.69 Å². The highest BCUT2D eigenvalue weighted by atomic mass is 35.5. The SMILES string of the molecule is COc1ccc(CNC2CCN(CC(N)=O)CC2)cc1Cl. The normalized spacial score (nSPS) is 16.9. The summed E-state index contributed by atoms with van der Waals surface area (Å²) in [5.41, 5.74) is 6.35. The van der Waals surface area contributed by atoms with E-state index in [0.29, 0.717) is 23.4 Å². The van der Waals surface area contributed by atoms with Crippen molar-refractivity contribution in [3.8, 4) is 5.75 Å². The van der Waals surface area contributed by atoms with Gasteiger partial charge in [0.2, 0.25) is 5.91 Å². The first-order valence-corrected chi connectivity index (χ1v) is 7.52. The predicted octanol–water partition coefficient (Wildman–Crippen LogP) is 1.39. The van der Waals surface area contributed by atoms with Crippen molar-refractivity contribution in [2.75, 3.05) is 26.7 Å². The van der Waals surface area contributed by atoms with Crippen molar-refractivity contribution in [2.24, 2.45) is 5.73 Å². The van der Waals surface area contributed by atoms with Gasteiger partial charge in [0, 0.05) is 25.7 Å². The van der Waals surface area contributed by atoms with Gasteiger partial charge >= 0.3 is 0 Å². The van der Waals surface area contributed by atoms with Gasteiger partial charge in [0.15, 0.2) is 0 Å². The maximum absolute atomic E-state index is 10.9. The maximum Gasteiger partial charge on any atom is 0.231 e. The second-order valence-electron chi connectivity index (χ2n) is 5.37. The first-order valence-electron chi connectivity index (χ1n) is 7.15. The summed E-state index contributed by atoms with van der Waals surface area (Å²) in [6, 6.07) is 6.29. The van der Waals surface area contributed by atoms with Crippen molar-refractivity contribution in [2.45, 2.75) is 25.4 Å². The number of rotatable bonds is 6. The first kappa shape index (κ1) is 16.1. The molecule has 0 atom stereocenters. The Morgan fingerprint density at radius 3 is 2.76 bits per heavy atom. The first-order chi connectivity index (χ1) is 10.1. The Morgan fingerprint density at radius 2 is 2.19 bits per heavy atom. The molecule has 1 aliphatic rings. The second-order valence-corrected chi connectivity index (χ2v) is 5.77. The Labute approximate surface area is 130 Å². The summed E-state index contributed by atoms with van der Waals surface area (Å²) < 4.78 is 5.14. The van der Waals surface area contributed by atoms with E-state index >= 15 is 0 Å². The van der Waals surface area contributed by atoms with E-state index in [0.717, 1.165) is 38.0 Å². The number of benzene rings is 1. The predicted molar refractivity (Wildman–Crippen MR) is 83.5 cm³/mol. The molecule has 0 aliphatic carbocycles. The number of hydrogen-bond acceptors (Lipinski definition) is 4. The van der Waals surface area contributed by atoms with Crippen molar-refractivity contribution in [3.05, 3.63) is 28.8 Å². The number of primary amides is 1. The van der Waals surface area contributed by atoms with Gasteiger partial charge in [-0.15, -0.1) is 0 Å². The van der Waals surface area contributed by atoms with Crippen LogP contribution >= 0.6 is 11.6 Å². The molecule has 3 N–H and O–H groups in total. The number of methoxy groups -OCH3 is 1. The Morgan fingerprint density at radius 1 is 1.48 bits per heavy atom. The third kappa shape index (κ3) is 4.88. The molecule has 21 heavy (non-hydrogen) atoms. The molecule has 0 radical (unpaired) electrons. The van der Waals surface area contributed by atoms with Gasteiger partial charge in [-0.25, -0.2) is 0 Å². The van der Waals surface area contributed by atoms with Gasteiger partial charge in [0.1, 0.15) is 5.75 Å². The minimum Gasteiger partial charge on any atom is -0.495 e. The van der Waals surface area contributed by atoms with E-state index in [9.17, 15) is 4.79 Å². The summed E-state index contributed by atoms with van der Waals surface area (Å²) in [5.74, 6) is 0.439. The van der Waals surface area contributed by atoms with Crippen molar-refractivity contribution in [3.63, 3.8) is 0 Å². The lowest BCUT2D eigenvalue weighted by Crippen LogP contribution is -2.45. The van der Waals surface area contributed by atoms with Gasteiger partial charge in [-0.1, -0.05) is 17.7 Å². The molecule has 0 spiro atoms. The maximum atomic E-state index is 10.9. The largest absolute Gasteiger partial charge is 0.495 e. The lowest BCUT2D eigenvalue weighted by atomic mass is 10.0. The van der Waals surface area contributed by atoms with Gasteiger partial charge < -0.3 is 15.8 Å². The monoisotopic (exact) mass is 311 g/mol. The average Bonchev–Trinajstić information content (AvgIpc) is 2.46. The molecule has 1 fully saturated rings. The molecule has 1 amide bonds. The lowest BCUT2D eigenvalue weighted by molar-refractivity contribution is -0.119. The highest BCUT2D eigenvalue weighted by molar-refractivity contribution is 6.32. The van der Waals surface area contributed by atoms with Crippen LogP contribution < -0.4 is 15.8 Å². The van der Waals surface area contributed by atoms with Crippen LogP contribution in [0, 0.1) is 0 Å². The zero-order valence-electron chi connectivity index (χ0n) is 12.3. The number of carbonyl (C=O) groups is 1. The molecular formula is C15H22ClN3O2. The van der Waals surface area contributed by atoms with Crippen LogP contribution in [0.2, 0.25) is 5.02 Å². The fraction of sp³-hybridized carbons (Fsp3) is 0.533. The number of hydrogen-bond donors (Lipinski definition) is 2. The van der Waals surface area contributed by atoms with Gasteiger partial charge in [0.05, 0.1) is 18.7 Å². The van der Waals surface area contributed by atoms with Crippen molar-refractivity contribution in [1.82, 2.24) is 10.2 Å². The minimum absolute atomic E-state index is 0.255. The number of nitrogens with one attached hydrogen (secondary N) is 1. The van der Waals surface area contributed by atoms with E-state index < -0.39 is 0 Å². The molecule has 0 unspecified atom stereocenters.